The van der Waals surface area contributed by atoms with Crippen LogP contribution in [0.5, 0.6) is 0 Å². The molecule has 1 aromatic carbocycles. The average molecular weight is 370 g/mol. The summed E-state index contributed by atoms with van der Waals surface area (Å²) in [5.74, 6) is -0.197. The number of fused-ring (bicyclic) bond motifs is 1. The van der Waals surface area contributed by atoms with Crippen molar-refractivity contribution >= 4 is 56.7 Å². The van der Waals surface area contributed by atoms with Crippen molar-refractivity contribution in [3.8, 4) is 0 Å². The number of piperidine rings is 1. The second-order valence-electron chi connectivity index (χ2n) is 5.46. The highest BCUT2D eigenvalue weighted by molar-refractivity contribution is 8.01. The maximum absolute atomic E-state index is 12.3. The van der Waals surface area contributed by atoms with Crippen LogP contribution in [0.3, 0.4) is 0 Å². The van der Waals surface area contributed by atoms with Crippen LogP contribution in [-0.2, 0) is 9.59 Å². The Balaban J connectivity index is 1.60. The molecule has 1 aromatic heterocycles. The first-order valence-electron chi connectivity index (χ1n) is 7.29. The van der Waals surface area contributed by atoms with Gasteiger partial charge in [-0.05, 0) is 31.0 Å². The Morgan fingerprint density at radius 2 is 2.30 bits per heavy atom. The molecule has 8 heteroatoms. The first-order valence-corrected chi connectivity index (χ1v) is 9.47. The standard InChI is InChI=1S/C15H16ClN3O2S2/c16-10-3-4-12-11(6-10)18-15(23-12)22-8-13(20)19-5-1-2-9(7-19)14(17)21/h3-4,6,9H,1-2,5,7-8H2,(H2,17,21)/t9-/m0/s1. The van der Waals surface area contributed by atoms with Gasteiger partial charge in [-0.1, -0.05) is 23.4 Å². The van der Waals surface area contributed by atoms with Crippen LogP contribution in [0.15, 0.2) is 22.5 Å². The number of hydrogen-bond acceptors (Lipinski definition) is 5. The van der Waals surface area contributed by atoms with Gasteiger partial charge in [-0.2, -0.15) is 0 Å². The second kappa shape index (κ2) is 7.07. The highest BCUT2D eigenvalue weighted by Gasteiger charge is 2.26. The van der Waals surface area contributed by atoms with E-state index in [1.807, 2.05) is 18.2 Å². The van der Waals surface area contributed by atoms with Crippen molar-refractivity contribution in [1.82, 2.24) is 9.88 Å². The maximum atomic E-state index is 12.3. The molecule has 0 saturated carbocycles. The van der Waals surface area contributed by atoms with Crippen molar-refractivity contribution in [2.75, 3.05) is 18.8 Å². The molecule has 0 aliphatic carbocycles. The normalized spacial score (nSPS) is 18.3. The van der Waals surface area contributed by atoms with Gasteiger partial charge < -0.3 is 10.6 Å². The molecule has 2 aromatic rings. The Hall–Kier alpha value is -1.31. The summed E-state index contributed by atoms with van der Waals surface area (Å²) in [6, 6.07) is 5.59. The summed E-state index contributed by atoms with van der Waals surface area (Å²) in [6.07, 6.45) is 1.59. The summed E-state index contributed by atoms with van der Waals surface area (Å²) < 4.78 is 1.90. The van der Waals surface area contributed by atoms with Gasteiger partial charge in [0.05, 0.1) is 21.9 Å². The molecular formula is C15H16ClN3O2S2. The van der Waals surface area contributed by atoms with Crippen molar-refractivity contribution in [3.05, 3.63) is 23.2 Å². The molecule has 1 aliphatic rings. The van der Waals surface area contributed by atoms with E-state index in [1.165, 1.54) is 11.8 Å². The predicted molar refractivity (Wildman–Crippen MR) is 93.9 cm³/mol. The zero-order valence-corrected chi connectivity index (χ0v) is 14.7. The number of carbonyl (C=O) groups excluding carboxylic acids is 2. The van der Waals surface area contributed by atoms with Crippen molar-refractivity contribution < 1.29 is 9.59 Å². The quantitative estimate of drug-likeness (QED) is 0.841. The number of rotatable bonds is 4. The Morgan fingerprint density at radius 1 is 1.48 bits per heavy atom. The maximum Gasteiger partial charge on any atom is 0.233 e. The Kier molecular flexibility index (Phi) is 5.08. The summed E-state index contributed by atoms with van der Waals surface area (Å²) >= 11 is 8.92. The number of nitrogens with zero attached hydrogens (tertiary/aromatic N) is 2. The van der Waals surface area contributed by atoms with Gasteiger partial charge in [-0.25, -0.2) is 4.98 Å². The molecule has 23 heavy (non-hydrogen) atoms. The molecule has 1 saturated heterocycles. The topological polar surface area (TPSA) is 76.3 Å². The fourth-order valence-corrected chi connectivity index (χ4v) is 4.71. The lowest BCUT2D eigenvalue weighted by Gasteiger charge is -2.31. The summed E-state index contributed by atoms with van der Waals surface area (Å²) in [5.41, 5.74) is 6.20. The van der Waals surface area contributed by atoms with Gasteiger partial charge in [0.15, 0.2) is 4.34 Å². The van der Waals surface area contributed by atoms with E-state index in [0.29, 0.717) is 23.9 Å². The minimum atomic E-state index is -0.321. The second-order valence-corrected chi connectivity index (χ2v) is 8.15. The number of nitrogens with two attached hydrogens (primary N) is 1. The van der Waals surface area contributed by atoms with Crippen LogP contribution < -0.4 is 5.73 Å². The van der Waals surface area contributed by atoms with Crippen LogP contribution in [0, 0.1) is 5.92 Å². The third-order valence-electron chi connectivity index (χ3n) is 3.83. The number of carbonyl (C=O) groups is 2. The van der Waals surface area contributed by atoms with Crippen LogP contribution in [-0.4, -0.2) is 40.5 Å². The molecule has 2 amide bonds. The van der Waals surface area contributed by atoms with E-state index in [4.69, 9.17) is 17.3 Å². The van der Waals surface area contributed by atoms with Crippen LogP contribution in [0.25, 0.3) is 10.2 Å². The molecule has 0 unspecified atom stereocenters. The molecule has 5 nitrogen and oxygen atoms in total. The van der Waals surface area contributed by atoms with E-state index in [0.717, 1.165) is 27.4 Å². The molecule has 1 atom stereocenters. The Bertz CT molecular complexity index is 749. The highest BCUT2D eigenvalue weighted by atomic mass is 35.5. The lowest BCUT2D eigenvalue weighted by Crippen LogP contribution is -2.44. The first-order chi connectivity index (χ1) is 11.0. The minimum absolute atomic E-state index is 0.0261. The first kappa shape index (κ1) is 16.5. The van der Waals surface area contributed by atoms with Gasteiger partial charge >= 0.3 is 0 Å². The van der Waals surface area contributed by atoms with E-state index >= 15 is 0 Å². The van der Waals surface area contributed by atoms with E-state index < -0.39 is 0 Å². The summed E-state index contributed by atoms with van der Waals surface area (Å²) in [4.78, 5) is 29.8. The van der Waals surface area contributed by atoms with Crippen molar-refractivity contribution in [2.45, 2.75) is 17.2 Å². The summed E-state index contributed by atoms with van der Waals surface area (Å²) in [6.45, 7) is 1.13. The van der Waals surface area contributed by atoms with E-state index in [1.54, 1.807) is 16.2 Å². The molecule has 2 N–H and O–H groups in total. The molecule has 0 radical (unpaired) electrons. The third kappa shape index (κ3) is 3.97. The number of thioether (sulfide) groups is 1. The van der Waals surface area contributed by atoms with Crippen LogP contribution >= 0.6 is 34.7 Å². The predicted octanol–water partition coefficient (Wildman–Crippen LogP) is 2.77. The minimum Gasteiger partial charge on any atom is -0.369 e. The molecule has 3 rings (SSSR count). The number of aromatic nitrogens is 1. The molecular weight excluding hydrogens is 354 g/mol. The highest BCUT2D eigenvalue weighted by Crippen LogP contribution is 2.31. The van der Waals surface area contributed by atoms with Crippen molar-refractivity contribution in [3.63, 3.8) is 0 Å². The van der Waals surface area contributed by atoms with Crippen LogP contribution in [0.4, 0.5) is 0 Å². The number of primary amides is 1. The Labute approximate surface area is 147 Å². The number of thiazole rings is 1. The van der Waals surface area contributed by atoms with Crippen LogP contribution in [0.1, 0.15) is 12.8 Å². The van der Waals surface area contributed by atoms with E-state index in [2.05, 4.69) is 4.98 Å². The zero-order valence-electron chi connectivity index (χ0n) is 12.3. The fraction of sp³-hybridized carbons (Fsp3) is 0.400. The van der Waals surface area contributed by atoms with Crippen LogP contribution in [0.2, 0.25) is 5.02 Å². The molecule has 0 spiro atoms. The molecule has 1 fully saturated rings. The smallest absolute Gasteiger partial charge is 0.233 e. The molecule has 2 heterocycles. The average Bonchev–Trinajstić information content (AvgIpc) is 2.94. The monoisotopic (exact) mass is 369 g/mol. The number of amides is 2. The van der Waals surface area contributed by atoms with Gasteiger partial charge in [-0.3, -0.25) is 9.59 Å². The van der Waals surface area contributed by atoms with Gasteiger partial charge in [0, 0.05) is 18.1 Å². The largest absolute Gasteiger partial charge is 0.369 e. The summed E-state index contributed by atoms with van der Waals surface area (Å²) in [5, 5.41) is 0.654. The molecule has 0 bridgehead atoms. The van der Waals surface area contributed by atoms with Gasteiger partial charge in [-0.15, -0.1) is 11.3 Å². The third-order valence-corrected chi connectivity index (χ3v) is 6.22. The van der Waals surface area contributed by atoms with Gasteiger partial charge in [0.1, 0.15) is 0 Å². The number of likely N-dealkylation sites (tertiary alicyclic amines) is 1. The lowest BCUT2D eigenvalue weighted by atomic mass is 9.97. The van der Waals surface area contributed by atoms with Gasteiger partial charge in [0.25, 0.3) is 0 Å². The fourth-order valence-electron chi connectivity index (χ4n) is 2.59. The Morgan fingerprint density at radius 3 is 3.09 bits per heavy atom. The van der Waals surface area contributed by atoms with Gasteiger partial charge in [0.2, 0.25) is 11.8 Å². The number of halogens is 1. The van der Waals surface area contributed by atoms with E-state index in [9.17, 15) is 9.59 Å². The number of hydrogen-bond donors (Lipinski definition) is 1. The molecule has 122 valence electrons. The van der Waals surface area contributed by atoms with E-state index in [-0.39, 0.29) is 17.7 Å². The lowest BCUT2D eigenvalue weighted by molar-refractivity contribution is -0.132. The van der Waals surface area contributed by atoms with Crippen molar-refractivity contribution in [1.29, 1.82) is 0 Å². The van der Waals surface area contributed by atoms with Crippen molar-refractivity contribution in [2.24, 2.45) is 11.7 Å². The molecule has 1 aliphatic heterocycles. The summed E-state index contributed by atoms with van der Waals surface area (Å²) in [7, 11) is 0. The number of benzene rings is 1. The SMILES string of the molecule is NC(=O)[C@H]1CCCN(C(=O)CSc2nc3cc(Cl)ccc3s2)C1. The zero-order chi connectivity index (χ0) is 16.4.